The highest BCUT2D eigenvalue weighted by Gasteiger charge is 2.23. The number of hydrogen-bond donors (Lipinski definition) is 1. The van der Waals surface area contributed by atoms with Gasteiger partial charge >= 0.3 is 0 Å². The number of benzene rings is 1. The molecule has 1 aliphatic rings. The molecular weight excluding hydrogens is 252 g/mol. The highest BCUT2D eigenvalue weighted by molar-refractivity contribution is 5.79. The van der Waals surface area contributed by atoms with Gasteiger partial charge in [-0.2, -0.15) is 0 Å². The van der Waals surface area contributed by atoms with Crippen LogP contribution in [0.4, 0.5) is 0 Å². The third-order valence-corrected chi connectivity index (χ3v) is 3.79. The van der Waals surface area contributed by atoms with Crippen LogP contribution in [0, 0.1) is 0 Å². The first-order valence-electron chi connectivity index (χ1n) is 7.08. The Morgan fingerprint density at radius 2 is 2.10 bits per heavy atom. The molecule has 0 saturated carbocycles. The number of amides is 1. The molecule has 2 rings (SSSR count). The van der Waals surface area contributed by atoms with Crippen molar-refractivity contribution in [1.29, 1.82) is 0 Å². The van der Waals surface area contributed by atoms with Crippen molar-refractivity contribution in [2.75, 3.05) is 39.8 Å². The van der Waals surface area contributed by atoms with Gasteiger partial charge in [0.1, 0.15) is 5.75 Å². The summed E-state index contributed by atoms with van der Waals surface area (Å²) in [7, 11) is 1.64. The summed E-state index contributed by atoms with van der Waals surface area (Å²) >= 11 is 0. The molecule has 1 aliphatic heterocycles. The van der Waals surface area contributed by atoms with E-state index in [4.69, 9.17) is 4.74 Å². The summed E-state index contributed by atoms with van der Waals surface area (Å²) in [4.78, 5) is 15.8. The number of para-hydroxylation sites is 1. The fourth-order valence-electron chi connectivity index (χ4n) is 2.60. The van der Waals surface area contributed by atoms with Crippen LogP contribution in [-0.4, -0.2) is 50.6 Å². The van der Waals surface area contributed by atoms with Gasteiger partial charge in [0, 0.05) is 5.56 Å². The zero-order valence-corrected chi connectivity index (χ0v) is 12.1. The Balaban J connectivity index is 1.91. The van der Waals surface area contributed by atoms with Gasteiger partial charge in [0.15, 0.2) is 0 Å². The second-order valence-electron chi connectivity index (χ2n) is 5.11. The molecule has 0 aliphatic carbocycles. The summed E-state index contributed by atoms with van der Waals surface area (Å²) < 4.78 is 5.30. The molecular formula is C16H23N2O2+. The van der Waals surface area contributed by atoms with Gasteiger partial charge in [0.05, 0.1) is 46.3 Å². The van der Waals surface area contributed by atoms with Crippen LogP contribution in [0.25, 0.3) is 0 Å². The number of quaternary nitrogens is 1. The molecule has 4 nitrogen and oxygen atoms in total. The zero-order valence-electron chi connectivity index (χ0n) is 12.1. The Morgan fingerprint density at radius 1 is 1.40 bits per heavy atom. The van der Waals surface area contributed by atoms with Gasteiger partial charge in [-0.25, -0.2) is 0 Å². The van der Waals surface area contributed by atoms with E-state index in [1.165, 1.54) is 4.90 Å². The van der Waals surface area contributed by atoms with Gasteiger partial charge in [-0.1, -0.05) is 24.8 Å². The fraction of sp³-hybridized carbons (Fsp3) is 0.438. The van der Waals surface area contributed by atoms with Crippen LogP contribution in [0.2, 0.25) is 0 Å². The molecule has 1 amide bonds. The van der Waals surface area contributed by atoms with E-state index in [9.17, 15) is 4.79 Å². The quantitative estimate of drug-likeness (QED) is 0.776. The predicted molar refractivity (Wildman–Crippen MR) is 79.0 cm³/mol. The summed E-state index contributed by atoms with van der Waals surface area (Å²) in [6.07, 6.45) is 2.36. The molecule has 108 valence electrons. The third kappa shape index (κ3) is 3.61. The van der Waals surface area contributed by atoms with Crippen LogP contribution >= 0.6 is 0 Å². The number of carbonyl (C=O) groups is 1. The van der Waals surface area contributed by atoms with Gasteiger partial charge in [-0.3, -0.25) is 4.79 Å². The maximum Gasteiger partial charge on any atom is 0.227 e. The summed E-state index contributed by atoms with van der Waals surface area (Å²) in [5, 5.41) is 0. The van der Waals surface area contributed by atoms with Crippen molar-refractivity contribution >= 4 is 5.91 Å². The van der Waals surface area contributed by atoms with Crippen molar-refractivity contribution in [1.82, 2.24) is 4.90 Å². The first-order valence-corrected chi connectivity index (χ1v) is 7.08. The first kappa shape index (κ1) is 14.6. The second-order valence-corrected chi connectivity index (χ2v) is 5.11. The molecule has 20 heavy (non-hydrogen) atoms. The molecule has 1 saturated heterocycles. The van der Waals surface area contributed by atoms with Crippen molar-refractivity contribution in [2.45, 2.75) is 6.42 Å². The van der Waals surface area contributed by atoms with Crippen LogP contribution in [0.5, 0.6) is 5.75 Å². The molecule has 0 unspecified atom stereocenters. The lowest BCUT2D eigenvalue weighted by atomic mass is 10.1. The SMILES string of the molecule is C=CC[NH+]1CCN(C(=O)Cc2ccccc2OC)CC1. The Hall–Kier alpha value is -1.81. The van der Waals surface area contributed by atoms with Crippen molar-refractivity contribution in [3.05, 3.63) is 42.5 Å². The number of nitrogens with one attached hydrogen (secondary N) is 1. The lowest BCUT2D eigenvalue weighted by Gasteiger charge is -2.31. The summed E-state index contributed by atoms with van der Waals surface area (Å²) in [5.74, 6) is 0.976. The number of hydrogen-bond acceptors (Lipinski definition) is 2. The molecule has 1 heterocycles. The van der Waals surface area contributed by atoms with Crippen LogP contribution in [0.1, 0.15) is 5.56 Å². The topological polar surface area (TPSA) is 34.0 Å². The van der Waals surface area contributed by atoms with E-state index in [1.807, 2.05) is 35.2 Å². The Kier molecular flexibility index (Phi) is 5.18. The minimum atomic E-state index is 0.187. The molecule has 0 bridgehead atoms. The van der Waals surface area contributed by atoms with Crippen LogP contribution in [0.3, 0.4) is 0 Å². The number of methoxy groups -OCH3 is 1. The maximum atomic E-state index is 12.3. The third-order valence-electron chi connectivity index (χ3n) is 3.79. The number of ether oxygens (including phenoxy) is 1. The van der Waals surface area contributed by atoms with Gasteiger partial charge in [-0.05, 0) is 12.1 Å². The maximum absolute atomic E-state index is 12.3. The lowest BCUT2D eigenvalue weighted by Crippen LogP contribution is -3.14. The average Bonchev–Trinajstić information content (AvgIpc) is 2.49. The van der Waals surface area contributed by atoms with Crippen molar-refractivity contribution in [3.8, 4) is 5.75 Å². The molecule has 1 fully saturated rings. The van der Waals surface area contributed by atoms with Gasteiger partial charge in [0.2, 0.25) is 5.91 Å². The minimum Gasteiger partial charge on any atom is -0.496 e. The van der Waals surface area contributed by atoms with Crippen molar-refractivity contribution < 1.29 is 14.4 Å². The number of nitrogens with zero attached hydrogens (tertiary/aromatic N) is 1. The molecule has 1 N–H and O–H groups in total. The number of carbonyl (C=O) groups excluding carboxylic acids is 1. The molecule has 1 aromatic carbocycles. The van der Waals surface area contributed by atoms with E-state index < -0.39 is 0 Å². The van der Waals surface area contributed by atoms with E-state index in [1.54, 1.807) is 7.11 Å². The molecule has 0 atom stereocenters. The van der Waals surface area contributed by atoms with Crippen LogP contribution in [0.15, 0.2) is 36.9 Å². The van der Waals surface area contributed by atoms with Crippen molar-refractivity contribution in [2.24, 2.45) is 0 Å². The second kappa shape index (κ2) is 7.10. The van der Waals surface area contributed by atoms with Gasteiger partial charge in [-0.15, -0.1) is 0 Å². The van der Waals surface area contributed by atoms with E-state index in [0.29, 0.717) is 6.42 Å². The predicted octanol–water partition coefficient (Wildman–Crippen LogP) is 0.151. The normalized spacial score (nSPS) is 15.9. The number of rotatable bonds is 5. The Bertz CT molecular complexity index is 465. The molecule has 4 heteroatoms. The van der Waals surface area contributed by atoms with Crippen LogP contribution in [-0.2, 0) is 11.2 Å². The summed E-state index contributed by atoms with van der Waals surface area (Å²) in [6, 6.07) is 7.71. The summed E-state index contributed by atoms with van der Waals surface area (Å²) in [5.41, 5.74) is 0.959. The van der Waals surface area contributed by atoms with E-state index in [2.05, 4.69) is 6.58 Å². The fourth-order valence-corrected chi connectivity index (χ4v) is 2.60. The highest BCUT2D eigenvalue weighted by Crippen LogP contribution is 2.18. The summed E-state index contributed by atoms with van der Waals surface area (Å²) in [6.45, 7) is 8.42. The Labute approximate surface area is 120 Å². The average molecular weight is 275 g/mol. The molecule has 1 aromatic rings. The molecule has 0 radical (unpaired) electrons. The first-order chi connectivity index (χ1) is 9.74. The smallest absolute Gasteiger partial charge is 0.227 e. The molecule has 0 spiro atoms. The standard InChI is InChI=1S/C16H22N2O2/c1-3-8-17-9-11-18(12-10-17)16(19)13-14-6-4-5-7-15(14)20-2/h3-7H,1,8-13H2,2H3/p+1. The van der Waals surface area contributed by atoms with Crippen LogP contribution < -0.4 is 9.64 Å². The van der Waals surface area contributed by atoms with E-state index in [0.717, 1.165) is 44.0 Å². The Morgan fingerprint density at radius 3 is 2.75 bits per heavy atom. The lowest BCUT2D eigenvalue weighted by molar-refractivity contribution is -0.898. The minimum absolute atomic E-state index is 0.187. The van der Waals surface area contributed by atoms with Crippen molar-refractivity contribution in [3.63, 3.8) is 0 Å². The van der Waals surface area contributed by atoms with Gasteiger partial charge < -0.3 is 14.5 Å². The number of piperazine rings is 1. The highest BCUT2D eigenvalue weighted by atomic mass is 16.5. The zero-order chi connectivity index (χ0) is 14.4. The van der Waals surface area contributed by atoms with Gasteiger partial charge in [0.25, 0.3) is 0 Å². The monoisotopic (exact) mass is 275 g/mol. The molecule has 0 aromatic heterocycles. The van der Waals surface area contributed by atoms with E-state index in [-0.39, 0.29) is 5.91 Å². The largest absolute Gasteiger partial charge is 0.496 e. The van der Waals surface area contributed by atoms with E-state index >= 15 is 0 Å².